The van der Waals surface area contributed by atoms with Gasteiger partial charge in [0.25, 0.3) is 11.8 Å². The van der Waals surface area contributed by atoms with Gasteiger partial charge in [0.05, 0.1) is 24.4 Å². The predicted octanol–water partition coefficient (Wildman–Crippen LogP) is 1.09. The molecule has 3 fully saturated rings. The summed E-state index contributed by atoms with van der Waals surface area (Å²) in [5.41, 5.74) is 3.75. The molecule has 5 N–H and O–H groups in total. The molecule has 2 saturated carbocycles. The SMILES string of the molecule is COCC1c2cccc(F)c2CCN1C(=O)O[C@@H]1C[C@H]2C(=O)N[C@]3(C(=O)NS(=O)(=O)C4CC4)C[C@@H]3/C=C\CCCCC[C@H]([NH3+])C(=O)N2C1. The summed E-state index contributed by atoms with van der Waals surface area (Å²) in [6, 6.07) is 2.42. The Balaban J connectivity index is 1.22. The second-order valence-electron chi connectivity index (χ2n) is 13.7. The van der Waals surface area contributed by atoms with Crippen LogP contribution in [0, 0.1) is 11.7 Å². The van der Waals surface area contributed by atoms with Crippen molar-refractivity contribution in [1.29, 1.82) is 0 Å². The number of allylic oxidation sites excluding steroid dienone is 1. The van der Waals surface area contributed by atoms with Crippen molar-refractivity contribution in [1.82, 2.24) is 19.8 Å². The highest BCUT2D eigenvalue weighted by Gasteiger charge is 2.62. The van der Waals surface area contributed by atoms with Gasteiger partial charge in [-0.3, -0.25) is 24.0 Å². The Morgan fingerprint density at radius 1 is 1.17 bits per heavy atom. The summed E-state index contributed by atoms with van der Waals surface area (Å²) in [4.78, 5) is 57.7. The zero-order valence-corrected chi connectivity index (χ0v) is 28.0. The topological polar surface area (TPSA) is 179 Å². The Morgan fingerprint density at radius 2 is 1.96 bits per heavy atom. The standard InChI is InChI=1S/C33H44FN5O8S/c1-46-19-28-24-9-7-10-25(34)23(24)14-15-38(28)32(43)47-21-16-27-29(40)36-33(31(42)37-48(44,45)22-12-13-22)17-20(33)8-5-3-2-4-6-11-26(35)30(41)39(27)18-21/h5,7-10,20-22,26-28H,2-4,6,11-19,35H2,1H3,(H,36,40)(H,37,42)/p+1/b8-5-/t20-,21+,26-,27-,28?,33+/m0/s1. The normalized spacial score (nSPS) is 31.7. The second-order valence-corrected chi connectivity index (χ2v) is 15.6. The van der Waals surface area contributed by atoms with Crippen molar-refractivity contribution in [2.75, 3.05) is 26.8 Å². The van der Waals surface area contributed by atoms with E-state index < -0.39 is 68.9 Å². The molecule has 0 spiro atoms. The minimum absolute atomic E-state index is 0.0252. The van der Waals surface area contributed by atoms with E-state index in [1.165, 1.54) is 23.0 Å². The lowest BCUT2D eigenvalue weighted by Gasteiger charge is -2.36. The fourth-order valence-electron chi connectivity index (χ4n) is 7.26. The molecular weight excluding hydrogens is 645 g/mol. The minimum atomic E-state index is -3.87. The van der Waals surface area contributed by atoms with Crippen LogP contribution in [0.3, 0.4) is 0 Å². The second kappa shape index (κ2) is 13.7. The van der Waals surface area contributed by atoms with E-state index in [1.807, 2.05) is 12.2 Å². The van der Waals surface area contributed by atoms with Gasteiger partial charge in [0.1, 0.15) is 23.5 Å². The van der Waals surface area contributed by atoms with Gasteiger partial charge >= 0.3 is 6.09 Å². The first-order valence-corrected chi connectivity index (χ1v) is 18.4. The maximum atomic E-state index is 14.6. The Bertz CT molecular complexity index is 1590. The van der Waals surface area contributed by atoms with Gasteiger partial charge in [-0.1, -0.05) is 30.7 Å². The molecule has 6 rings (SSSR count). The average molecular weight is 691 g/mol. The first-order chi connectivity index (χ1) is 22.9. The lowest BCUT2D eigenvalue weighted by Crippen LogP contribution is -2.69. The molecular formula is C33H45FN5O8S+. The molecule has 1 aromatic rings. The molecule has 0 aromatic heterocycles. The van der Waals surface area contributed by atoms with Gasteiger partial charge in [-0.2, -0.15) is 0 Å². The Labute approximate surface area is 279 Å². The average Bonchev–Trinajstić information content (AvgIpc) is 3.97. The summed E-state index contributed by atoms with van der Waals surface area (Å²) in [7, 11) is -2.37. The van der Waals surface area contributed by atoms with Crippen LogP contribution in [-0.2, 0) is 40.3 Å². The number of nitrogens with zero attached hydrogens (tertiary/aromatic N) is 2. The summed E-state index contributed by atoms with van der Waals surface area (Å²) in [6.45, 7) is 0.254. The zero-order valence-electron chi connectivity index (χ0n) is 27.2. The zero-order chi connectivity index (χ0) is 34.2. The van der Waals surface area contributed by atoms with Gasteiger partial charge in [-0.25, -0.2) is 17.6 Å². The van der Waals surface area contributed by atoms with Crippen LogP contribution in [0.25, 0.3) is 0 Å². The van der Waals surface area contributed by atoms with Crippen LogP contribution in [0.15, 0.2) is 30.4 Å². The van der Waals surface area contributed by atoms with E-state index in [-0.39, 0.29) is 50.7 Å². The lowest BCUT2D eigenvalue weighted by molar-refractivity contribution is -0.407. The highest BCUT2D eigenvalue weighted by atomic mass is 32.2. The molecule has 3 aliphatic heterocycles. The lowest BCUT2D eigenvalue weighted by atomic mass is 9.93. The quantitative estimate of drug-likeness (QED) is 0.372. The number of quaternary nitrogens is 1. The van der Waals surface area contributed by atoms with E-state index in [9.17, 15) is 32.0 Å². The number of carbonyl (C=O) groups excluding carboxylic acids is 4. The number of hydrogen-bond acceptors (Lipinski definition) is 8. The van der Waals surface area contributed by atoms with Crippen LogP contribution in [0.2, 0.25) is 0 Å². The maximum Gasteiger partial charge on any atom is 0.410 e. The molecule has 5 aliphatic rings. The number of nitrogens with one attached hydrogen (secondary N) is 2. The third-order valence-corrected chi connectivity index (χ3v) is 12.1. The van der Waals surface area contributed by atoms with Crippen LogP contribution in [-0.4, -0.2) is 97.8 Å². The van der Waals surface area contributed by atoms with Gasteiger partial charge in [0.2, 0.25) is 15.9 Å². The molecule has 4 amide bonds. The molecule has 48 heavy (non-hydrogen) atoms. The summed E-state index contributed by atoms with van der Waals surface area (Å²) >= 11 is 0. The third kappa shape index (κ3) is 6.95. The van der Waals surface area contributed by atoms with E-state index in [0.29, 0.717) is 30.4 Å². The fourth-order valence-corrected chi connectivity index (χ4v) is 8.63. The number of rotatable bonds is 6. The molecule has 1 saturated heterocycles. The maximum absolute atomic E-state index is 14.6. The van der Waals surface area contributed by atoms with Crippen molar-refractivity contribution in [2.45, 2.75) is 99.2 Å². The smallest absolute Gasteiger partial charge is 0.410 e. The monoisotopic (exact) mass is 690 g/mol. The summed E-state index contributed by atoms with van der Waals surface area (Å²) < 4.78 is 53.4. The number of fused-ring (bicyclic) bond motifs is 3. The molecule has 0 bridgehead atoms. The van der Waals surface area contributed by atoms with E-state index in [1.54, 1.807) is 12.1 Å². The predicted molar refractivity (Wildman–Crippen MR) is 170 cm³/mol. The van der Waals surface area contributed by atoms with Crippen LogP contribution in [0.4, 0.5) is 9.18 Å². The Hall–Kier alpha value is -3.56. The van der Waals surface area contributed by atoms with Crippen LogP contribution < -0.4 is 15.8 Å². The van der Waals surface area contributed by atoms with Crippen LogP contribution in [0.5, 0.6) is 0 Å². The molecule has 3 heterocycles. The van der Waals surface area contributed by atoms with Crippen LogP contribution in [0.1, 0.15) is 75.0 Å². The molecule has 13 nitrogen and oxygen atoms in total. The summed E-state index contributed by atoms with van der Waals surface area (Å²) in [5.74, 6) is -2.53. The summed E-state index contributed by atoms with van der Waals surface area (Å²) in [6.07, 6.45) is 7.50. The Kier molecular flexibility index (Phi) is 9.83. The molecule has 2 aliphatic carbocycles. The first-order valence-electron chi connectivity index (χ1n) is 16.9. The molecule has 15 heteroatoms. The van der Waals surface area contributed by atoms with E-state index in [4.69, 9.17) is 9.47 Å². The first kappa shape index (κ1) is 34.3. The number of carbonyl (C=O) groups is 4. The highest BCUT2D eigenvalue weighted by molar-refractivity contribution is 7.91. The van der Waals surface area contributed by atoms with Gasteiger partial charge in [0, 0.05) is 32.4 Å². The summed E-state index contributed by atoms with van der Waals surface area (Å²) in [5, 5.41) is 2.20. The van der Waals surface area contributed by atoms with Crippen molar-refractivity contribution >= 4 is 33.8 Å². The third-order valence-electron chi connectivity index (χ3n) is 10.3. The highest BCUT2D eigenvalue weighted by Crippen LogP contribution is 2.46. The van der Waals surface area contributed by atoms with Crippen molar-refractivity contribution in [3.05, 3.63) is 47.3 Å². The molecule has 1 unspecified atom stereocenters. The van der Waals surface area contributed by atoms with Crippen molar-refractivity contribution in [2.24, 2.45) is 5.92 Å². The number of halogens is 1. The van der Waals surface area contributed by atoms with E-state index >= 15 is 0 Å². The number of sulfonamides is 1. The van der Waals surface area contributed by atoms with Crippen molar-refractivity contribution < 1.29 is 47.2 Å². The molecule has 1 aromatic carbocycles. The van der Waals surface area contributed by atoms with Gasteiger partial charge in [0.15, 0.2) is 6.04 Å². The number of benzene rings is 1. The fraction of sp³-hybridized carbons (Fsp3) is 0.636. The minimum Gasteiger partial charge on any atom is -0.444 e. The number of hydrogen-bond donors (Lipinski definition) is 3. The van der Waals surface area contributed by atoms with Gasteiger partial charge in [-0.05, 0) is 62.1 Å². The molecule has 6 atom stereocenters. The van der Waals surface area contributed by atoms with Gasteiger partial charge in [-0.15, -0.1) is 0 Å². The number of methoxy groups -OCH3 is 1. The van der Waals surface area contributed by atoms with Crippen LogP contribution >= 0.6 is 0 Å². The van der Waals surface area contributed by atoms with Gasteiger partial charge < -0.3 is 25.4 Å². The van der Waals surface area contributed by atoms with Crippen molar-refractivity contribution in [3.8, 4) is 0 Å². The Morgan fingerprint density at radius 3 is 2.71 bits per heavy atom. The number of ether oxygens (including phenoxy) is 2. The molecule has 262 valence electrons. The van der Waals surface area contributed by atoms with E-state index in [2.05, 4.69) is 15.8 Å². The largest absolute Gasteiger partial charge is 0.444 e. The van der Waals surface area contributed by atoms with E-state index in [0.717, 1.165) is 25.7 Å². The molecule has 0 radical (unpaired) electrons. The van der Waals surface area contributed by atoms with Crippen molar-refractivity contribution in [3.63, 3.8) is 0 Å². The number of amides is 4.